The van der Waals surface area contributed by atoms with E-state index in [2.05, 4.69) is 13.8 Å². The van der Waals surface area contributed by atoms with Crippen molar-refractivity contribution < 1.29 is 24.5 Å². The van der Waals surface area contributed by atoms with Crippen molar-refractivity contribution in [3.63, 3.8) is 0 Å². The van der Waals surface area contributed by atoms with Gasteiger partial charge in [0.2, 0.25) is 0 Å². The third kappa shape index (κ3) is 4.11. The van der Waals surface area contributed by atoms with Crippen LogP contribution in [0.25, 0.3) is 0 Å². The molecule has 0 saturated carbocycles. The topological polar surface area (TPSA) is 87.1 Å². The lowest BCUT2D eigenvalue weighted by molar-refractivity contribution is -0.118. The summed E-state index contributed by atoms with van der Waals surface area (Å²) in [7, 11) is 0. The first-order valence-corrected chi connectivity index (χ1v) is 9.65. The summed E-state index contributed by atoms with van der Waals surface area (Å²) >= 11 is 0. The number of hydrogen-bond donors (Lipinski definition) is 2. The lowest BCUT2D eigenvalue weighted by Gasteiger charge is -2.27. The van der Waals surface area contributed by atoms with Crippen molar-refractivity contribution in [1.82, 2.24) is 0 Å². The van der Waals surface area contributed by atoms with E-state index in [-0.39, 0.29) is 23.5 Å². The maximum atomic E-state index is 12.9. The molecule has 2 aromatic carbocycles. The van der Waals surface area contributed by atoms with Crippen LogP contribution in [0.15, 0.2) is 59.9 Å². The second-order valence-electron chi connectivity index (χ2n) is 7.41. The molecule has 152 valence electrons. The molecule has 0 saturated heterocycles. The zero-order valence-electron chi connectivity index (χ0n) is 16.8. The highest BCUT2D eigenvalue weighted by atomic mass is 16.5. The fourth-order valence-electron chi connectivity index (χ4n) is 3.32. The summed E-state index contributed by atoms with van der Waals surface area (Å²) in [5.41, 5.74) is 1.10. The molecule has 0 aromatic heterocycles. The number of phenols is 1. The number of ketones is 1. The van der Waals surface area contributed by atoms with Crippen molar-refractivity contribution in [2.45, 2.75) is 33.2 Å². The minimum absolute atomic E-state index is 0.0158. The highest BCUT2D eigenvalue weighted by molar-refractivity contribution is 6.16. The second kappa shape index (κ2) is 8.39. The number of amides is 1. The number of ether oxygens (including phenoxy) is 1. The third-order valence-electron chi connectivity index (χ3n) is 4.71. The van der Waals surface area contributed by atoms with Crippen molar-refractivity contribution in [2.75, 3.05) is 11.5 Å². The maximum Gasteiger partial charge on any atom is 0.294 e. The van der Waals surface area contributed by atoms with Gasteiger partial charge in [0.1, 0.15) is 11.5 Å². The summed E-state index contributed by atoms with van der Waals surface area (Å²) in [6.45, 7) is 6.36. The Balaban J connectivity index is 2.02. The standard InChI is InChI=1S/C23H25NO5/c1-4-19(26)20-21(15-6-5-7-17(25)12-15)24(23(28)22(20)27)16-8-10-18(11-9-16)29-13-14(2)3/h5-12,14,21,25,27H,4,13H2,1-3H3. The third-order valence-corrected chi connectivity index (χ3v) is 4.71. The number of anilines is 1. The Morgan fingerprint density at radius 3 is 2.41 bits per heavy atom. The van der Waals surface area contributed by atoms with Gasteiger partial charge in [0.05, 0.1) is 18.2 Å². The first kappa shape index (κ1) is 20.5. The van der Waals surface area contributed by atoms with Crippen LogP contribution in [0, 0.1) is 5.92 Å². The van der Waals surface area contributed by atoms with Crippen LogP contribution in [0.4, 0.5) is 5.69 Å². The molecule has 1 amide bonds. The van der Waals surface area contributed by atoms with Gasteiger partial charge in [-0.15, -0.1) is 0 Å². The zero-order chi connectivity index (χ0) is 21.1. The molecule has 1 heterocycles. The van der Waals surface area contributed by atoms with Crippen LogP contribution in [0.5, 0.6) is 11.5 Å². The number of aliphatic hydroxyl groups is 1. The van der Waals surface area contributed by atoms with Gasteiger partial charge in [0.15, 0.2) is 11.5 Å². The predicted octanol–water partition coefficient (Wildman–Crippen LogP) is 4.31. The molecule has 0 spiro atoms. The van der Waals surface area contributed by atoms with E-state index in [1.165, 1.54) is 17.0 Å². The van der Waals surface area contributed by atoms with E-state index >= 15 is 0 Å². The molecule has 0 fully saturated rings. The first-order valence-electron chi connectivity index (χ1n) is 9.65. The van der Waals surface area contributed by atoms with Gasteiger partial charge in [-0.1, -0.05) is 32.9 Å². The van der Waals surface area contributed by atoms with Crippen molar-refractivity contribution in [1.29, 1.82) is 0 Å². The van der Waals surface area contributed by atoms with Crippen LogP contribution in [-0.2, 0) is 9.59 Å². The molecule has 3 rings (SSSR count). The molecule has 1 aliphatic heterocycles. The van der Waals surface area contributed by atoms with Gasteiger partial charge in [-0.2, -0.15) is 0 Å². The number of rotatable bonds is 7. The number of phenolic OH excluding ortho intramolecular Hbond substituents is 1. The van der Waals surface area contributed by atoms with Gasteiger partial charge in [0.25, 0.3) is 5.91 Å². The molecule has 2 N–H and O–H groups in total. The number of nitrogens with zero attached hydrogens (tertiary/aromatic N) is 1. The summed E-state index contributed by atoms with van der Waals surface area (Å²) in [5, 5.41) is 20.4. The van der Waals surface area contributed by atoms with Crippen molar-refractivity contribution in [2.24, 2.45) is 5.92 Å². The number of aromatic hydroxyl groups is 1. The molecule has 2 aromatic rings. The highest BCUT2D eigenvalue weighted by Crippen LogP contribution is 2.42. The van der Waals surface area contributed by atoms with Crippen molar-refractivity contribution >= 4 is 17.4 Å². The Morgan fingerprint density at radius 1 is 1.14 bits per heavy atom. The molecule has 1 unspecified atom stereocenters. The number of hydrogen-bond acceptors (Lipinski definition) is 5. The van der Waals surface area contributed by atoms with Crippen LogP contribution in [0.1, 0.15) is 38.8 Å². The second-order valence-corrected chi connectivity index (χ2v) is 7.41. The molecule has 6 heteroatoms. The minimum Gasteiger partial charge on any atom is -0.508 e. The summed E-state index contributed by atoms with van der Waals surface area (Å²) in [6, 6.07) is 12.5. The summed E-state index contributed by atoms with van der Waals surface area (Å²) in [6.07, 6.45) is 0.151. The van der Waals surface area contributed by atoms with Crippen LogP contribution in [0.2, 0.25) is 0 Å². The molecular weight excluding hydrogens is 370 g/mol. The smallest absolute Gasteiger partial charge is 0.294 e. The van der Waals surface area contributed by atoms with E-state index in [9.17, 15) is 19.8 Å². The van der Waals surface area contributed by atoms with E-state index in [0.717, 1.165) is 0 Å². The van der Waals surface area contributed by atoms with Crippen LogP contribution in [-0.4, -0.2) is 28.5 Å². The number of carbonyl (C=O) groups is 2. The van der Waals surface area contributed by atoms with Crippen LogP contribution >= 0.6 is 0 Å². The van der Waals surface area contributed by atoms with Gasteiger partial charge < -0.3 is 14.9 Å². The summed E-state index contributed by atoms with van der Waals surface area (Å²) in [4.78, 5) is 26.8. The Labute approximate surface area is 170 Å². The zero-order valence-corrected chi connectivity index (χ0v) is 16.8. The molecule has 1 aliphatic rings. The highest BCUT2D eigenvalue weighted by Gasteiger charge is 2.43. The van der Waals surface area contributed by atoms with E-state index in [0.29, 0.717) is 29.5 Å². The number of Topliss-reactive ketones (excluding diaryl/α,β-unsaturated/α-hetero) is 1. The van der Waals surface area contributed by atoms with Crippen LogP contribution < -0.4 is 9.64 Å². The van der Waals surface area contributed by atoms with Gasteiger partial charge in [-0.05, 0) is 47.9 Å². The SMILES string of the molecule is CCC(=O)C1=C(O)C(=O)N(c2ccc(OCC(C)C)cc2)C1c1cccc(O)c1. The molecule has 0 bridgehead atoms. The van der Waals surface area contributed by atoms with Crippen molar-refractivity contribution in [3.8, 4) is 11.5 Å². The monoisotopic (exact) mass is 395 g/mol. The molecular formula is C23H25NO5. The Hall–Kier alpha value is -3.28. The fourth-order valence-corrected chi connectivity index (χ4v) is 3.32. The maximum absolute atomic E-state index is 12.9. The Bertz CT molecular complexity index is 946. The predicted molar refractivity (Wildman–Crippen MR) is 110 cm³/mol. The lowest BCUT2D eigenvalue weighted by Crippen LogP contribution is -2.30. The lowest BCUT2D eigenvalue weighted by atomic mass is 9.94. The van der Waals surface area contributed by atoms with Gasteiger partial charge >= 0.3 is 0 Å². The quantitative estimate of drug-likeness (QED) is 0.730. The molecule has 0 radical (unpaired) electrons. The average molecular weight is 395 g/mol. The van der Waals surface area contributed by atoms with E-state index in [1.807, 2.05) is 0 Å². The normalized spacial score (nSPS) is 16.6. The van der Waals surface area contributed by atoms with Crippen LogP contribution in [0.3, 0.4) is 0 Å². The largest absolute Gasteiger partial charge is 0.508 e. The molecule has 6 nitrogen and oxygen atoms in total. The first-order chi connectivity index (χ1) is 13.8. The van der Waals surface area contributed by atoms with Gasteiger partial charge in [-0.3, -0.25) is 14.5 Å². The Morgan fingerprint density at radius 2 is 1.83 bits per heavy atom. The molecule has 1 atom stereocenters. The van der Waals surface area contributed by atoms with E-state index in [4.69, 9.17) is 4.74 Å². The molecule has 29 heavy (non-hydrogen) atoms. The molecule has 0 aliphatic carbocycles. The summed E-state index contributed by atoms with van der Waals surface area (Å²) < 4.78 is 5.69. The van der Waals surface area contributed by atoms with Crippen molar-refractivity contribution in [3.05, 3.63) is 65.4 Å². The summed E-state index contributed by atoms with van der Waals surface area (Å²) in [5.74, 6) is -0.444. The number of benzene rings is 2. The number of aliphatic hydroxyl groups excluding tert-OH is 1. The minimum atomic E-state index is -0.815. The average Bonchev–Trinajstić information content (AvgIpc) is 2.97. The van der Waals surface area contributed by atoms with Gasteiger partial charge in [-0.25, -0.2) is 0 Å². The Kier molecular flexibility index (Phi) is 5.92. The van der Waals surface area contributed by atoms with Gasteiger partial charge in [0, 0.05) is 12.1 Å². The van der Waals surface area contributed by atoms with E-state index in [1.54, 1.807) is 43.3 Å². The number of carbonyl (C=O) groups excluding carboxylic acids is 2. The fraction of sp³-hybridized carbons (Fsp3) is 0.304. The van der Waals surface area contributed by atoms with E-state index < -0.39 is 17.7 Å².